The Hall–Kier alpha value is -2.15. The summed E-state index contributed by atoms with van der Waals surface area (Å²) < 4.78 is 39.4. The first-order valence-electron chi connectivity index (χ1n) is 7.40. The molecule has 1 aromatic heterocycles. The molecular formula is C16H14ClFN4O2S2. The molecule has 0 radical (unpaired) electrons. The maximum absolute atomic E-state index is 13.5. The summed E-state index contributed by atoms with van der Waals surface area (Å²) in [4.78, 5) is 0.674. The lowest BCUT2D eigenvalue weighted by Crippen LogP contribution is -2.60. The predicted octanol–water partition coefficient (Wildman–Crippen LogP) is 3.09. The summed E-state index contributed by atoms with van der Waals surface area (Å²) in [5, 5.41) is 19.8. The lowest BCUT2D eigenvalue weighted by atomic mass is 9.95. The van der Waals surface area contributed by atoms with Crippen LogP contribution in [0.25, 0.3) is 10.4 Å². The maximum Gasteiger partial charge on any atom is 0.239 e. The van der Waals surface area contributed by atoms with E-state index in [1.54, 1.807) is 19.1 Å². The van der Waals surface area contributed by atoms with E-state index in [9.17, 15) is 12.8 Å². The molecule has 0 bridgehead atoms. The zero-order chi connectivity index (χ0) is 19.3. The average molecular weight is 413 g/mol. The normalized spacial score (nSPS) is 22.0. The van der Waals surface area contributed by atoms with Crippen molar-refractivity contribution >= 4 is 38.9 Å². The summed E-state index contributed by atoms with van der Waals surface area (Å²) in [6.07, 6.45) is 0. The Morgan fingerprint density at radius 3 is 2.77 bits per heavy atom. The highest BCUT2D eigenvalue weighted by Gasteiger charge is 2.43. The SMILES string of the molecule is CN1C(=N)N[C@](C)(c2cc(-c3ccc(F)c(C#N)c3)sc2Cl)CS1(=O)=O. The molecule has 1 atom stereocenters. The Bertz CT molecular complexity index is 1060. The number of nitrogens with zero attached hydrogens (tertiary/aromatic N) is 2. The van der Waals surface area contributed by atoms with Crippen molar-refractivity contribution in [1.29, 1.82) is 10.7 Å². The van der Waals surface area contributed by atoms with Crippen LogP contribution in [0.1, 0.15) is 18.1 Å². The van der Waals surface area contributed by atoms with Gasteiger partial charge in [-0.3, -0.25) is 5.41 Å². The smallest absolute Gasteiger partial charge is 0.239 e. The van der Waals surface area contributed by atoms with Crippen molar-refractivity contribution in [2.75, 3.05) is 12.8 Å². The van der Waals surface area contributed by atoms with Crippen LogP contribution >= 0.6 is 22.9 Å². The molecule has 2 heterocycles. The van der Waals surface area contributed by atoms with Gasteiger partial charge in [0.25, 0.3) is 0 Å². The summed E-state index contributed by atoms with van der Waals surface area (Å²) >= 11 is 7.56. The van der Waals surface area contributed by atoms with E-state index >= 15 is 0 Å². The Kier molecular flexibility index (Phi) is 4.46. The molecule has 1 saturated heterocycles. The van der Waals surface area contributed by atoms with Crippen LogP contribution in [0.15, 0.2) is 24.3 Å². The van der Waals surface area contributed by atoms with Gasteiger partial charge in [0.15, 0.2) is 0 Å². The summed E-state index contributed by atoms with van der Waals surface area (Å²) in [5.41, 5.74) is -0.0210. The zero-order valence-electron chi connectivity index (χ0n) is 13.8. The van der Waals surface area contributed by atoms with Gasteiger partial charge in [-0.15, -0.1) is 11.3 Å². The number of hydrogen-bond acceptors (Lipinski definition) is 5. The van der Waals surface area contributed by atoms with Crippen LogP contribution in [0.2, 0.25) is 4.34 Å². The van der Waals surface area contributed by atoms with Crippen LogP contribution in [-0.2, 0) is 15.6 Å². The number of sulfonamides is 1. The first-order valence-corrected chi connectivity index (χ1v) is 10.2. The molecule has 26 heavy (non-hydrogen) atoms. The fraction of sp³-hybridized carbons (Fsp3) is 0.250. The van der Waals surface area contributed by atoms with E-state index in [4.69, 9.17) is 22.3 Å². The Balaban J connectivity index is 2.06. The molecule has 1 aromatic carbocycles. The van der Waals surface area contributed by atoms with Crippen LogP contribution in [0.3, 0.4) is 0 Å². The Morgan fingerprint density at radius 1 is 1.46 bits per heavy atom. The minimum atomic E-state index is -3.66. The van der Waals surface area contributed by atoms with E-state index in [0.717, 1.165) is 4.31 Å². The molecule has 0 amide bonds. The highest BCUT2D eigenvalue weighted by molar-refractivity contribution is 7.89. The largest absolute Gasteiger partial charge is 0.345 e. The fourth-order valence-corrected chi connectivity index (χ4v) is 5.77. The van der Waals surface area contributed by atoms with Crippen LogP contribution < -0.4 is 5.32 Å². The van der Waals surface area contributed by atoms with Crippen molar-refractivity contribution in [1.82, 2.24) is 9.62 Å². The molecule has 2 N–H and O–H groups in total. The Labute approximate surface area is 159 Å². The summed E-state index contributed by atoms with van der Waals surface area (Å²) in [6.45, 7) is 1.66. The van der Waals surface area contributed by atoms with E-state index in [2.05, 4.69) is 5.32 Å². The molecule has 3 rings (SSSR count). The highest BCUT2D eigenvalue weighted by Crippen LogP contribution is 2.42. The van der Waals surface area contributed by atoms with Crippen molar-refractivity contribution in [3.8, 4) is 16.5 Å². The first kappa shape index (κ1) is 18.6. The van der Waals surface area contributed by atoms with Gasteiger partial charge in [-0.2, -0.15) is 5.26 Å². The third-order valence-corrected chi connectivity index (χ3v) is 7.62. The molecule has 1 aliphatic rings. The number of guanidine groups is 1. The molecule has 6 nitrogen and oxygen atoms in total. The van der Waals surface area contributed by atoms with Crippen LogP contribution in [0.4, 0.5) is 4.39 Å². The highest BCUT2D eigenvalue weighted by atomic mass is 35.5. The summed E-state index contributed by atoms with van der Waals surface area (Å²) in [6, 6.07) is 7.66. The second kappa shape index (κ2) is 6.23. The van der Waals surface area contributed by atoms with Gasteiger partial charge in [0.05, 0.1) is 21.2 Å². The third-order valence-electron chi connectivity index (χ3n) is 4.25. The van der Waals surface area contributed by atoms with Gasteiger partial charge in [0.2, 0.25) is 16.0 Å². The Morgan fingerprint density at radius 2 is 2.15 bits per heavy atom. The second-order valence-corrected chi connectivity index (χ2v) is 9.79. The van der Waals surface area contributed by atoms with Crippen molar-refractivity contribution < 1.29 is 12.8 Å². The third kappa shape index (κ3) is 3.05. The van der Waals surface area contributed by atoms with Crippen molar-refractivity contribution in [2.24, 2.45) is 0 Å². The van der Waals surface area contributed by atoms with Crippen molar-refractivity contribution in [3.63, 3.8) is 0 Å². The minimum absolute atomic E-state index is 0.0819. The number of nitrogens with one attached hydrogen (secondary N) is 2. The van der Waals surface area contributed by atoms with E-state index in [0.29, 0.717) is 20.3 Å². The minimum Gasteiger partial charge on any atom is -0.345 e. The van der Waals surface area contributed by atoms with E-state index in [1.807, 2.05) is 0 Å². The van der Waals surface area contributed by atoms with Gasteiger partial charge in [0.1, 0.15) is 11.9 Å². The number of nitriles is 1. The molecule has 2 aromatic rings. The van der Waals surface area contributed by atoms with E-state index in [-0.39, 0.29) is 17.3 Å². The predicted molar refractivity (Wildman–Crippen MR) is 99.2 cm³/mol. The number of hydrogen-bond donors (Lipinski definition) is 2. The number of rotatable bonds is 2. The molecule has 0 unspecified atom stereocenters. The molecule has 1 aliphatic heterocycles. The second-order valence-electron chi connectivity index (χ2n) is 6.13. The molecule has 0 spiro atoms. The van der Waals surface area contributed by atoms with Crippen LogP contribution in [0.5, 0.6) is 0 Å². The number of halogens is 2. The summed E-state index contributed by atoms with van der Waals surface area (Å²) in [7, 11) is -2.34. The van der Waals surface area contributed by atoms with Crippen molar-refractivity contribution in [3.05, 3.63) is 45.5 Å². The van der Waals surface area contributed by atoms with Gasteiger partial charge < -0.3 is 5.32 Å². The molecule has 10 heteroatoms. The van der Waals surface area contributed by atoms with Gasteiger partial charge in [-0.05, 0) is 30.7 Å². The quantitative estimate of drug-likeness (QED) is 0.791. The van der Waals surface area contributed by atoms with Gasteiger partial charge in [0, 0.05) is 17.5 Å². The molecular weight excluding hydrogens is 399 g/mol. The topological polar surface area (TPSA) is 97.1 Å². The van der Waals surface area contributed by atoms with Gasteiger partial charge in [-0.25, -0.2) is 17.1 Å². The molecule has 1 fully saturated rings. The van der Waals surface area contributed by atoms with E-state index < -0.39 is 21.4 Å². The lowest BCUT2D eigenvalue weighted by Gasteiger charge is -2.39. The monoisotopic (exact) mass is 412 g/mol. The lowest BCUT2D eigenvalue weighted by molar-refractivity contribution is 0.419. The van der Waals surface area contributed by atoms with Crippen molar-refractivity contribution in [2.45, 2.75) is 12.5 Å². The first-order chi connectivity index (χ1) is 12.1. The number of thiophene rings is 1. The maximum atomic E-state index is 13.5. The standard InChI is InChI=1S/C16H14ClFN4O2S2/c1-16(8-26(23,24)22(2)15(20)21-16)11-6-13(25-14(11)17)9-3-4-12(18)10(5-9)7-19/h3-6H,8H2,1-2H3,(H2,20,21)/t16-/m0/s1. The fourth-order valence-electron chi connectivity index (χ4n) is 2.77. The van der Waals surface area contributed by atoms with E-state index in [1.165, 1.54) is 36.6 Å². The van der Waals surface area contributed by atoms with Crippen LogP contribution in [0, 0.1) is 22.6 Å². The average Bonchev–Trinajstić information content (AvgIpc) is 2.95. The molecule has 136 valence electrons. The summed E-state index contributed by atoms with van der Waals surface area (Å²) in [5.74, 6) is -1.11. The number of benzene rings is 1. The zero-order valence-corrected chi connectivity index (χ0v) is 16.2. The molecule has 0 saturated carbocycles. The molecule has 0 aliphatic carbocycles. The van der Waals surface area contributed by atoms with Gasteiger partial charge in [-0.1, -0.05) is 17.7 Å². The van der Waals surface area contributed by atoms with Gasteiger partial charge >= 0.3 is 0 Å². The van der Waals surface area contributed by atoms with Crippen LogP contribution in [-0.4, -0.2) is 31.5 Å².